The molecule has 732 valence electrons. The summed E-state index contributed by atoms with van der Waals surface area (Å²) in [4.78, 5) is 68.8. The number of nitrogens with zero attached hydrogens (tertiary/aromatic N) is 2. The van der Waals surface area contributed by atoms with E-state index in [1.807, 2.05) is 21.6 Å². The summed E-state index contributed by atoms with van der Waals surface area (Å²) in [6.45, 7) is 15.4. The normalized spacial score (nSPS) is 24.2. The van der Waals surface area contributed by atoms with Crippen LogP contribution in [-0.4, -0.2) is 220 Å². The molecule has 0 saturated heterocycles. The highest BCUT2D eigenvalue weighted by Crippen LogP contribution is 2.64. The number of fused-ring (bicyclic) bond motifs is 10. The van der Waals surface area contributed by atoms with Crippen LogP contribution in [0.15, 0.2) is 36.4 Å². The number of likely N-dealkylation sites (N-methyl/N-ethyl adjacent to an activating group) is 2. The van der Waals surface area contributed by atoms with Gasteiger partial charge in [-0.25, -0.2) is 4.57 Å². The molecule has 126 heavy (non-hydrogen) atoms. The highest BCUT2D eigenvalue weighted by atomic mass is 33.1. The van der Waals surface area contributed by atoms with Crippen molar-refractivity contribution in [2.45, 2.75) is 256 Å². The van der Waals surface area contributed by atoms with Gasteiger partial charge in [0, 0.05) is 102 Å². The van der Waals surface area contributed by atoms with Crippen LogP contribution in [0.5, 0.6) is 11.5 Å². The molecule has 0 spiro atoms. The monoisotopic (exact) mass is 1950 g/mol. The van der Waals surface area contributed by atoms with Gasteiger partial charge >= 0.3 is 20.2 Å². The lowest BCUT2D eigenvalue weighted by molar-refractivity contribution is -0.344. The lowest BCUT2D eigenvalue weighted by Gasteiger charge is -2.50. The second-order valence-electron chi connectivity index (χ2n) is 36.0. The molecule has 4 fully saturated rings. The van der Waals surface area contributed by atoms with Crippen LogP contribution < -0.4 is 33.9 Å². The number of alkyl halides is 6. The first-order chi connectivity index (χ1) is 59.5. The van der Waals surface area contributed by atoms with E-state index in [2.05, 4.69) is 92.2 Å². The van der Waals surface area contributed by atoms with Crippen LogP contribution >= 0.6 is 74.5 Å². The zero-order valence-electron chi connectivity index (χ0n) is 75.6. The Labute approximate surface area is 761 Å². The zero-order valence-corrected chi connectivity index (χ0v) is 82.4. The minimum Gasteiger partial charge on any atom is -0.790 e. The average molecular weight is 1960 g/mol. The maximum Gasteiger partial charge on any atom is 0.471 e. The van der Waals surface area contributed by atoms with Crippen molar-refractivity contribution in [3.05, 3.63) is 58.7 Å². The Bertz CT molecular complexity index is 3420. The molecule has 26 nitrogen and oxygen atoms in total. The molecule has 0 aliphatic heterocycles. The number of ether oxygens (including phenoxy) is 8. The van der Waals surface area contributed by atoms with Gasteiger partial charge in [-0.1, -0.05) is 94.8 Å². The van der Waals surface area contributed by atoms with Gasteiger partial charge < -0.3 is 104 Å². The fourth-order valence-corrected chi connectivity index (χ4v) is 24.5. The molecular formula is C86H143F6N2O24P4S4-5. The molecule has 2 aromatic rings. The summed E-state index contributed by atoms with van der Waals surface area (Å²) in [7, 11) is -5.63. The number of hydrogen-bond acceptors (Lipinski definition) is 29. The van der Waals surface area contributed by atoms with Crippen LogP contribution in [0.25, 0.3) is 0 Å². The van der Waals surface area contributed by atoms with Gasteiger partial charge in [-0.05, 0) is 289 Å². The maximum atomic E-state index is 13.1. The quantitative estimate of drug-likeness (QED) is 0.0278. The molecule has 0 aromatic heterocycles. The highest BCUT2D eigenvalue weighted by Gasteiger charge is 2.57. The fourth-order valence-electron chi connectivity index (χ4n) is 18.7. The molecule has 14 unspecified atom stereocenters. The first-order valence-corrected chi connectivity index (χ1v) is 55.9. The number of halogens is 6. The summed E-state index contributed by atoms with van der Waals surface area (Å²) in [5, 5.41) is 0. The van der Waals surface area contributed by atoms with Crippen molar-refractivity contribution in [1.82, 2.24) is 9.80 Å². The van der Waals surface area contributed by atoms with Gasteiger partial charge in [0.1, 0.15) is 24.7 Å². The van der Waals surface area contributed by atoms with Crippen LogP contribution in [0.3, 0.4) is 0 Å². The van der Waals surface area contributed by atoms with E-state index in [0.29, 0.717) is 127 Å². The first-order valence-electron chi connectivity index (χ1n) is 45.0. The number of benzene rings is 2. The maximum absolute atomic E-state index is 13.1. The van der Waals surface area contributed by atoms with Gasteiger partial charge in [-0.3, -0.25) is 13.6 Å². The smallest absolute Gasteiger partial charge is 0.471 e. The third-order valence-electron chi connectivity index (χ3n) is 26.2. The minimum absolute atomic E-state index is 0.0298. The van der Waals surface area contributed by atoms with E-state index < -0.39 is 79.9 Å². The average Bonchev–Trinajstić information content (AvgIpc) is 1.55. The molecule has 14 atom stereocenters. The molecule has 0 bridgehead atoms. The van der Waals surface area contributed by atoms with Crippen LogP contribution in [0.2, 0.25) is 0 Å². The Morgan fingerprint density at radius 3 is 1.25 bits per heavy atom. The Morgan fingerprint density at radius 2 is 0.857 bits per heavy atom. The molecule has 8 rings (SSSR count). The first kappa shape index (κ1) is 112. The van der Waals surface area contributed by atoms with Gasteiger partial charge in [-0.2, -0.15) is 26.3 Å². The minimum atomic E-state index is -5.19. The second-order valence-corrected chi connectivity index (χ2v) is 46.7. The molecule has 0 heterocycles. The molecular weight excluding hydrogens is 1810 g/mol. The number of phosphoric acid groups is 4. The van der Waals surface area contributed by atoms with E-state index in [1.54, 1.807) is 21.6 Å². The number of rotatable bonds is 64. The number of phosphoric ester groups is 4. The summed E-state index contributed by atoms with van der Waals surface area (Å²) in [6.07, 6.45) is 16.7. The van der Waals surface area contributed by atoms with Crippen molar-refractivity contribution < 1.29 is 139 Å². The molecule has 0 amide bonds. The van der Waals surface area contributed by atoms with Crippen LogP contribution in [0, 0.1) is 46.3 Å². The summed E-state index contributed by atoms with van der Waals surface area (Å²) < 4.78 is 197. The van der Waals surface area contributed by atoms with Gasteiger partial charge in [-0.15, -0.1) is 0 Å². The predicted molar refractivity (Wildman–Crippen MR) is 473 cm³/mol. The Balaban J connectivity index is 0.000000346. The third-order valence-corrected chi connectivity index (χ3v) is 33.9. The van der Waals surface area contributed by atoms with Crippen molar-refractivity contribution in [3.63, 3.8) is 0 Å². The molecule has 6 aliphatic rings. The van der Waals surface area contributed by atoms with E-state index in [1.165, 1.54) is 60.8 Å². The predicted octanol–water partition coefficient (Wildman–Crippen LogP) is 17.3. The van der Waals surface area contributed by atoms with E-state index in [0.717, 1.165) is 192 Å². The number of aryl methyl sites for hydroxylation is 2. The van der Waals surface area contributed by atoms with Gasteiger partial charge in [0.15, 0.2) is 11.2 Å². The molecule has 2 aromatic carbocycles. The van der Waals surface area contributed by atoms with E-state index in [9.17, 15) is 74.0 Å². The largest absolute Gasteiger partial charge is 0.790 e. The van der Waals surface area contributed by atoms with Gasteiger partial charge in [0.25, 0.3) is 7.82 Å². The lowest BCUT2D eigenvalue weighted by atomic mass is 9.55. The SMILES string of the molecule is COP(=O)(O)OCC(CCCOCCSSCCCCCCN(C)CCOc1ccc2c(c1)CCC1C2CCC2(C)C(OCCCOC(C)(C)C(F)(F)F)CCC12)COP(=O)([O-])[O-].COP(=O)([O-])OCC(CCCOCCSSCCCCCCN(C)CCOc1ccc2c(c1)CCC1C2CCC2(C)C(OCCCOC(C)(C)C(F)(F)F)CCC12)COP(=O)([O-])[O-]. The standard InChI is InChI=1S/2C43H74F3NO12P2S2/c2*1-41(2,43(44,45)46)57-25-11-24-56-40-18-17-39-38-15-13-34-30-35(14-16-36(34)37(38)19-20-42(39,40)3)55-26-22-47(4)21-8-6-7-9-28-62-63-29-27-54-23-10-12-33(31-58-60(48,49)50)32-59-61(51,52)53-5/h2*14,16,30,33,37-40H,6-13,15,17-29,31-32H2,1-5H3,(H,51,52)(H2,48,49,50)/p-5. The molecule has 0 radical (unpaired) electrons. The molecule has 4 saturated carbocycles. The Hall–Kier alpha value is -0.860. The Morgan fingerprint density at radius 1 is 0.460 bits per heavy atom. The van der Waals surface area contributed by atoms with E-state index in [4.69, 9.17) is 46.9 Å². The summed E-state index contributed by atoms with van der Waals surface area (Å²) in [5.74, 6) is 8.02. The topological polar surface area (TPSA) is 340 Å². The number of unbranched alkanes of at least 4 members (excludes halogenated alkanes) is 6. The van der Waals surface area contributed by atoms with Crippen molar-refractivity contribution in [1.29, 1.82) is 0 Å². The van der Waals surface area contributed by atoms with Crippen molar-refractivity contribution in [2.75, 3.05) is 170 Å². The molecule has 1 N–H and O–H groups in total. The van der Waals surface area contributed by atoms with Crippen LogP contribution in [0.1, 0.15) is 230 Å². The van der Waals surface area contributed by atoms with Crippen molar-refractivity contribution in [3.8, 4) is 11.5 Å². The number of hydrogen-bond donors (Lipinski definition) is 1. The van der Waals surface area contributed by atoms with E-state index in [-0.39, 0.29) is 49.5 Å². The summed E-state index contributed by atoms with van der Waals surface area (Å²) in [6, 6.07) is 13.4. The second kappa shape index (κ2) is 54.9. The molecule has 6 aliphatic carbocycles. The molecule has 40 heteroatoms. The Kier molecular flexibility index (Phi) is 48.9. The zero-order chi connectivity index (χ0) is 92.3. The van der Waals surface area contributed by atoms with Gasteiger partial charge in [0.2, 0.25) is 0 Å². The summed E-state index contributed by atoms with van der Waals surface area (Å²) in [5.41, 5.74) is 1.71. The lowest BCUT2D eigenvalue weighted by Crippen LogP contribution is -2.45. The summed E-state index contributed by atoms with van der Waals surface area (Å²) >= 11 is 0. The van der Waals surface area contributed by atoms with Crippen molar-refractivity contribution in [2.24, 2.45) is 46.3 Å². The fraction of sp³-hybridized carbons (Fsp3) is 0.860. The third kappa shape index (κ3) is 39.0. The van der Waals surface area contributed by atoms with Crippen LogP contribution in [0.4, 0.5) is 26.3 Å². The van der Waals surface area contributed by atoms with E-state index >= 15 is 0 Å². The van der Waals surface area contributed by atoms with Crippen LogP contribution in [-0.2, 0) is 86.7 Å². The van der Waals surface area contributed by atoms with Gasteiger partial charge in [0.05, 0.1) is 67.5 Å². The van der Waals surface area contributed by atoms with Crippen molar-refractivity contribution >= 4 is 74.5 Å². The highest BCUT2D eigenvalue weighted by molar-refractivity contribution is 8.77.